The molecule has 10 nitrogen and oxygen atoms in total. The monoisotopic (exact) mass is 518 g/mol. The molecule has 3 N–H and O–H groups in total. The van der Waals surface area contributed by atoms with Crippen LogP contribution in [-0.4, -0.2) is 38.9 Å². The molecule has 1 amide bonds. The molecule has 0 atom stereocenters. The number of nitrogens with one attached hydrogen (secondary N) is 1. The number of carbonyl (C=O) groups is 1. The van der Waals surface area contributed by atoms with Crippen molar-refractivity contribution in [3.8, 4) is 34.3 Å². The van der Waals surface area contributed by atoms with Crippen molar-refractivity contribution in [2.75, 3.05) is 24.1 Å². The van der Waals surface area contributed by atoms with Gasteiger partial charge in [-0.1, -0.05) is 17.3 Å². The molecule has 0 radical (unpaired) electrons. The largest absolute Gasteiger partial charge is 0.454 e. The molecule has 2 aromatic heterocycles. The van der Waals surface area contributed by atoms with Crippen LogP contribution < -0.4 is 20.5 Å². The number of ether oxygens (including phenoxy) is 2. The smallest absolute Gasteiger partial charge is 0.418 e. The zero-order chi connectivity index (χ0) is 25.4. The van der Waals surface area contributed by atoms with Gasteiger partial charge >= 0.3 is 6.18 Å². The maximum atomic E-state index is 13.2. The second-order valence-corrected chi connectivity index (χ2v) is 8.30. The van der Waals surface area contributed by atoms with E-state index in [0.29, 0.717) is 27.7 Å². The SMILES string of the molecule is CSc1nn(CC(=O)Nc2ccccc2C(F)(F)F)c(N)c1-c1nc(-c2ccc3c(c2)OCO3)no1. The van der Waals surface area contributed by atoms with Gasteiger partial charge in [-0.05, 0) is 36.6 Å². The molecule has 1 aliphatic rings. The topological polar surface area (TPSA) is 130 Å². The van der Waals surface area contributed by atoms with E-state index in [-0.39, 0.29) is 30.0 Å². The van der Waals surface area contributed by atoms with Gasteiger partial charge in [-0.3, -0.25) is 4.79 Å². The number of benzene rings is 2. The van der Waals surface area contributed by atoms with Crippen LogP contribution in [0.5, 0.6) is 11.5 Å². The highest BCUT2D eigenvalue weighted by atomic mass is 32.2. The summed E-state index contributed by atoms with van der Waals surface area (Å²) in [5.74, 6) is 0.789. The quantitative estimate of drug-likeness (QED) is 0.359. The summed E-state index contributed by atoms with van der Waals surface area (Å²) < 4.78 is 57.0. The van der Waals surface area contributed by atoms with E-state index in [4.69, 9.17) is 19.7 Å². The zero-order valence-corrected chi connectivity index (χ0v) is 19.3. The Morgan fingerprint density at radius 2 is 1.97 bits per heavy atom. The highest BCUT2D eigenvalue weighted by Crippen LogP contribution is 2.38. The number of rotatable bonds is 6. The molecule has 186 valence electrons. The normalized spacial score (nSPS) is 12.7. The number of hydrogen-bond donors (Lipinski definition) is 2. The van der Waals surface area contributed by atoms with E-state index in [0.717, 1.165) is 10.7 Å². The van der Waals surface area contributed by atoms with Crippen molar-refractivity contribution in [3.63, 3.8) is 0 Å². The number of hydrogen-bond acceptors (Lipinski definition) is 9. The third kappa shape index (κ3) is 4.42. The Morgan fingerprint density at radius 1 is 1.19 bits per heavy atom. The molecule has 1 aliphatic heterocycles. The summed E-state index contributed by atoms with van der Waals surface area (Å²) in [7, 11) is 0. The molecule has 0 bridgehead atoms. The van der Waals surface area contributed by atoms with Gasteiger partial charge in [0.25, 0.3) is 5.89 Å². The van der Waals surface area contributed by atoms with Crippen LogP contribution in [0.2, 0.25) is 0 Å². The van der Waals surface area contributed by atoms with Crippen molar-refractivity contribution in [1.29, 1.82) is 0 Å². The van der Waals surface area contributed by atoms with Crippen LogP contribution >= 0.6 is 11.8 Å². The number of nitrogen functional groups attached to an aromatic ring is 1. The second kappa shape index (κ2) is 9.11. The highest BCUT2D eigenvalue weighted by molar-refractivity contribution is 7.98. The number of alkyl halides is 3. The Morgan fingerprint density at radius 3 is 2.75 bits per heavy atom. The first kappa shape index (κ1) is 23.5. The van der Waals surface area contributed by atoms with Gasteiger partial charge in [0.2, 0.25) is 18.5 Å². The molecule has 5 rings (SSSR count). The number of thioether (sulfide) groups is 1. The van der Waals surface area contributed by atoms with Crippen LogP contribution in [0.1, 0.15) is 5.56 Å². The first-order valence-electron chi connectivity index (χ1n) is 10.3. The van der Waals surface area contributed by atoms with E-state index in [1.165, 1.54) is 30.0 Å². The molecule has 0 spiro atoms. The van der Waals surface area contributed by atoms with Gasteiger partial charge in [-0.25, -0.2) is 4.68 Å². The maximum Gasteiger partial charge on any atom is 0.418 e. The number of carbonyl (C=O) groups excluding carboxylic acids is 1. The predicted octanol–water partition coefficient (Wildman–Crippen LogP) is 4.29. The number of nitrogens with two attached hydrogens (primary N) is 1. The Hall–Kier alpha value is -4.20. The zero-order valence-electron chi connectivity index (χ0n) is 18.5. The van der Waals surface area contributed by atoms with E-state index < -0.39 is 24.2 Å². The van der Waals surface area contributed by atoms with Gasteiger partial charge in [0.15, 0.2) is 11.5 Å². The minimum atomic E-state index is -4.62. The van der Waals surface area contributed by atoms with E-state index in [2.05, 4.69) is 20.6 Å². The predicted molar refractivity (Wildman–Crippen MR) is 123 cm³/mol. The summed E-state index contributed by atoms with van der Waals surface area (Å²) in [6.45, 7) is -0.312. The lowest BCUT2D eigenvalue weighted by atomic mass is 10.1. The molecule has 2 aromatic carbocycles. The summed E-state index contributed by atoms with van der Waals surface area (Å²) in [6, 6.07) is 9.86. The van der Waals surface area contributed by atoms with Crippen LogP contribution in [0.3, 0.4) is 0 Å². The van der Waals surface area contributed by atoms with Crippen molar-refractivity contribution in [3.05, 3.63) is 48.0 Å². The van der Waals surface area contributed by atoms with Crippen molar-refractivity contribution < 1.29 is 32.0 Å². The standard InChI is InChI=1S/C22H17F3N6O4S/c1-36-21-17(20-28-19(30-35-20)11-6-7-14-15(8-11)34-10-33-14)18(26)31(29-21)9-16(32)27-13-5-3-2-4-12(13)22(23,24)25/h2-8H,9-10,26H2,1H3,(H,27,32). The number of amides is 1. The van der Waals surface area contributed by atoms with Crippen LogP contribution in [0.4, 0.5) is 24.7 Å². The number of halogens is 3. The van der Waals surface area contributed by atoms with E-state index in [1.807, 2.05) is 0 Å². The summed E-state index contributed by atoms with van der Waals surface area (Å²) in [4.78, 5) is 17.0. The lowest BCUT2D eigenvalue weighted by molar-refractivity contribution is -0.137. The molecule has 0 aliphatic carbocycles. The van der Waals surface area contributed by atoms with Gasteiger partial charge in [0.05, 0.1) is 11.3 Å². The van der Waals surface area contributed by atoms with Crippen molar-refractivity contribution >= 4 is 29.2 Å². The maximum absolute atomic E-state index is 13.2. The third-order valence-electron chi connectivity index (χ3n) is 5.22. The second-order valence-electron chi connectivity index (χ2n) is 7.51. The van der Waals surface area contributed by atoms with Crippen molar-refractivity contribution in [1.82, 2.24) is 19.9 Å². The summed E-state index contributed by atoms with van der Waals surface area (Å²) in [6.07, 6.45) is -2.88. The fraction of sp³-hybridized carbons (Fsp3) is 0.182. The highest BCUT2D eigenvalue weighted by Gasteiger charge is 2.33. The molecule has 0 fully saturated rings. The number of aromatic nitrogens is 4. The number of anilines is 2. The number of fused-ring (bicyclic) bond motifs is 1. The van der Waals surface area contributed by atoms with Gasteiger partial charge in [-0.15, -0.1) is 11.8 Å². The molecule has 14 heteroatoms. The Bertz CT molecular complexity index is 1450. The van der Waals surface area contributed by atoms with Crippen molar-refractivity contribution in [2.24, 2.45) is 0 Å². The fourth-order valence-corrected chi connectivity index (χ4v) is 4.14. The van der Waals surface area contributed by atoms with Gasteiger partial charge < -0.3 is 25.0 Å². The summed E-state index contributed by atoms with van der Waals surface area (Å²) in [5, 5.41) is 11.0. The van der Waals surface area contributed by atoms with Crippen LogP contribution in [0.15, 0.2) is 52.0 Å². The average molecular weight is 518 g/mol. The molecular weight excluding hydrogens is 501 g/mol. The van der Waals surface area contributed by atoms with Gasteiger partial charge in [0.1, 0.15) is 23.0 Å². The first-order valence-corrected chi connectivity index (χ1v) is 11.6. The molecule has 0 saturated carbocycles. The molecular formula is C22H17F3N6O4S. The third-order valence-corrected chi connectivity index (χ3v) is 5.90. The van der Waals surface area contributed by atoms with Crippen molar-refractivity contribution in [2.45, 2.75) is 17.7 Å². The minimum Gasteiger partial charge on any atom is -0.454 e. The van der Waals surface area contributed by atoms with Crippen LogP contribution in [0.25, 0.3) is 22.8 Å². The molecule has 4 aromatic rings. The molecule has 3 heterocycles. The lowest BCUT2D eigenvalue weighted by Gasteiger charge is -2.13. The first-order chi connectivity index (χ1) is 17.2. The molecule has 0 saturated heterocycles. The summed E-state index contributed by atoms with van der Waals surface area (Å²) >= 11 is 1.23. The number of para-hydroxylation sites is 1. The van der Waals surface area contributed by atoms with Gasteiger partial charge in [-0.2, -0.15) is 23.3 Å². The molecule has 36 heavy (non-hydrogen) atoms. The van der Waals surface area contributed by atoms with E-state index in [9.17, 15) is 18.0 Å². The minimum absolute atomic E-state index is 0.0412. The number of nitrogens with zero attached hydrogens (tertiary/aromatic N) is 4. The van der Waals surface area contributed by atoms with E-state index >= 15 is 0 Å². The fourth-order valence-electron chi connectivity index (χ4n) is 3.56. The summed E-state index contributed by atoms with van der Waals surface area (Å²) in [5.41, 5.74) is 5.84. The molecule has 0 unspecified atom stereocenters. The van der Waals surface area contributed by atoms with Crippen LogP contribution in [0, 0.1) is 0 Å². The Labute approximate surface area is 205 Å². The average Bonchev–Trinajstić information content (AvgIpc) is 3.57. The lowest BCUT2D eigenvalue weighted by Crippen LogP contribution is -2.22. The van der Waals surface area contributed by atoms with E-state index in [1.54, 1.807) is 24.5 Å². The van der Waals surface area contributed by atoms with Crippen LogP contribution in [-0.2, 0) is 17.5 Å². The van der Waals surface area contributed by atoms with Gasteiger partial charge in [0, 0.05) is 5.56 Å². The Kier molecular flexibility index (Phi) is 5.96. The Balaban J connectivity index is 1.39.